The monoisotopic (exact) mass is 196 g/mol. The van der Waals surface area contributed by atoms with E-state index in [1.807, 2.05) is 0 Å². The van der Waals surface area contributed by atoms with Gasteiger partial charge in [0.05, 0.1) is 0 Å². The van der Waals surface area contributed by atoms with E-state index in [9.17, 15) is 5.21 Å². The van der Waals surface area contributed by atoms with Crippen molar-refractivity contribution in [2.45, 2.75) is 70.4 Å². The van der Waals surface area contributed by atoms with E-state index in [0.717, 1.165) is 12.8 Å². The van der Waals surface area contributed by atoms with Crippen LogP contribution in [-0.4, -0.2) is 16.6 Å². The summed E-state index contributed by atoms with van der Waals surface area (Å²) in [5, 5.41) is 13.6. The van der Waals surface area contributed by atoms with E-state index in [0.29, 0.717) is 12.0 Å². The Bertz CT molecular complexity index is 196. The molecule has 2 aliphatic rings. The minimum atomic E-state index is -0.106. The van der Waals surface area contributed by atoms with Crippen molar-refractivity contribution in [3.05, 3.63) is 0 Å². The van der Waals surface area contributed by atoms with Gasteiger partial charge >= 0.3 is 0 Å². The molecular formula is C12H22NO. The number of hydrogen-bond acceptors (Lipinski definition) is 1. The van der Waals surface area contributed by atoms with Gasteiger partial charge in [-0.25, -0.2) is 0 Å². The molecule has 0 N–H and O–H groups in total. The molecule has 2 rings (SSSR count). The molecule has 0 spiro atoms. The molecule has 81 valence electrons. The lowest BCUT2D eigenvalue weighted by atomic mass is 9.83. The van der Waals surface area contributed by atoms with Crippen molar-refractivity contribution in [2.24, 2.45) is 5.92 Å². The van der Waals surface area contributed by atoms with E-state index in [4.69, 9.17) is 0 Å². The van der Waals surface area contributed by atoms with Crippen LogP contribution in [0.15, 0.2) is 0 Å². The highest BCUT2D eigenvalue weighted by molar-refractivity contribution is 4.90. The van der Waals surface area contributed by atoms with Crippen molar-refractivity contribution in [1.82, 2.24) is 5.06 Å². The lowest BCUT2D eigenvalue weighted by Crippen LogP contribution is -2.52. The highest BCUT2D eigenvalue weighted by Gasteiger charge is 2.40. The van der Waals surface area contributed by atoms with Gasteiger partial charge in [-0.3, -0.25) is 0 Å². The second-order valence-corrected chi connectivity index (χ2v) is 5.64. The van der Waals surface area contributed by atoms with Crippen molar-refractivity contribution in [3.63, 3.8) is 0 Å². The minimum Gasteiger partial charge on any atom is -0.146 e. The van der Waals surface area contributed by atoms with Crippen LogP contribution in [0.4, 0.5) is 0 Å². The van der Waals surface area contributed by atoms with Crippen LogP contribution in [0, 0.1) is 5.92 Å². The normalized spacial score (nSPS) is 34.9. The van der Waals surface area contributed by atoms with E-state index in [2.05, 4.69) is 13.8 Å². The van der Waals surface area contributed by atoms with Crippen LogP contribution >= 0.6 is 0 Å². The molecule has 0 bridgehead atoms. The Hall–Kier alpha value is -0.0800. The van der Waals surface area contributed by atoms with Crippen LogP contribution in [0.3, 0.4) is 0 Å². The third kappa shape index (κ3) is 1.82. The van der Waals surface area contributed by atoms with Crippen LogP contribution in [0.2, 0.25) is 0 Å². The molecule has 1 aliphatic carbocycles. The van der Waals surface area contributed by atoms with E-state index >= 15 is 0 Å². The molecular weight excluding hydrogens is 174 g/mol. The summed E-state index contributed by atoms with van der Waals surface area (Å²) >= 11 is 0. The Balaban J connectivity index is 2.03. The van der Waals surface area contributed by atoms with Gasteiger partial charge in [0, 0.05) is 11.6 Å². The molecule has 2 fully saturated rings. The fourth-order valence-corrected chi connectivity index (χ4v) is 3.19. The fourth-order valence-electron chi connectivity index (χ4n) is 3.19. The van der Waals surface area contributed by atoms with Crippen LogP contribution in [0.25, 0.3) is 0 Å². The summed E-state index contributed by atoms with van der Waals surface area (Å²) in [6, 6.07) is 0.334. The minimum absolute atomic E-state index is 0.106. The van der Waals surface area contributed by atoms with E-state index in [1.165, 1.54) is 37.2 Å². The molecule has 0 amide bonds. The third-order valence-electron chi connectivity index (χ3n) is 4.13. The summed E-state index contributed by atoms with van der Waals surface area (Å²) in [7, 11) is 0. The smallest absolute Gasteiger partial charge is 0.0440 e. The number of hydroxylamine groups is 2. The SMILES string of the molecule is CC1(C)CCCC(C2CCCC2)N1[O]. The maximum Gasteiger partial charge on any atom is 0.0440 e. The van der Waals surface area contributed by atoms with Crippen molar-refractivity contribution in [1.29, 1.82) is 0 Å². The first-order valence-corrected chi connectivity index (χ1v) is 6.08. The molecule has 2 heteroatoms. The summed E-state index contributed by atoms with van der Waals surface area (Å²) < 4.78 is 0. The van der Waals surface area contributed by atoms with Gasteiger partial charge in [-0.05, 0) is 51.9 Å². The topological polar surface area (TPSA) is 23.1 Å². The number of piperidine rings is 1. The lowest BCUT2D eigenvalue weighted by molar-refractivity contribution is -0.268. The van der Waals surface area contributed by atoms with E-state index in [1.54, 1.807) is 0 Å². The average Bonchev–Trinajstić information content (AvgIpc) is 2.62. The van der Waals surface area contributed by atoms with E-state index in [-0.39, 0.29) is 5.54 Å². The Morgan fingerprint density at radius 1 is 1.07 bits per heavy atom. The first kappa shape index (κ1) is 10.4. The molecule has 1 radical (unpaired) electrons. The summed E-state index contributed by atoms with van der Waals surface area (Å²) in [6.07, 6.45) is 8.72. The summed E-state index contributed by atoms with van der Waals surface area (Å²) in [5.41, 5.74) is -0.106. The zero-order valence-corrected chi connectivity index (χ0v) is 9.46. The Morgan fingerprint density at radius 2 is 1.71 bits per heavy atom. The Kier molecular flexibility index (Phi) is 2.85. The van der Waals surface area contributed by atoms with Crippen LogP contribution < -0.4 is 0 Å². The summed E-state index contributed by atoms with van der Waals surface area (Å²) in [6.45, 7) is 4.20. The van der Waals surface area contributed by atoms with Crippen molar-refractivity contribution >= 4 is 0 Å². The predicted octanol–water partition coefficient (Wildman–Crippen LogP) is 3.16. The zero-order valence-electron chi connectivity index (χ0n) is 9.46. The quantitative estimate of drug-likeness (QED) is 0.632. The Labute approximate surface area is 87.3 Å². The molecule has 1 saturated heterocycles. The number of hydrogen-bond donors (Lipinski definition) is 0. The Morgan fingerprint density at radius 3 is 2.36 bits per heavy atom. The van der Waals surface area contributed by atoms with Gasteiger partial charge in [-0.1, -0.05) is 12.8 Å². The van der Waals surface area contributed by atoms with Gasteiger partial charge in [0.1, 0.15) is 0 Å². The number of nitrogens with zero attached hydrogens (tertiary/aromatic N) is 1. The molecule has 1 atom stereocenters. The average molecular weight is 196 g/mol. The van der Waals surface area contributed by atoms with Crippen LogP contribution in [-0.2, 0) is 5.21 Å². The lowest BCUT2D eigenvalue weighted by Gasteiger charge is -2.44. The predicted molar refractivity (Wildman–Crippen MR) is 56.2 cm³/mol. The molecule has 0 aromatic rings. The summed E-state index contributed by atoms with van der Waals surface area (Å²) in [4.78, 5) is 0. The highest BCUT2D eigenvalue weighted by Crippen LogP contribution is 2.39. The van der Waals surface area contributed by atoms with Crippen molar-refractivity contribution < 1.29 is 5.21 Å². The molecule has 1 heterocycles. The second kappa shape index (κ2) is 3.82. The molecule has 1 saturated carbocycles. The van der Waals surface area contributed by atoms with Gasteiger partial charge < -0.3 is 0 Å². The van der Waals surface area contributed by atoms with Crippen LogP contribution in [0.1, 0.15) is 58.8 Å². The molecule has 0 aromatic carbocycles. The first-order chi connectivity index (χ1) is 6.61. The van der Waals surface area contributed by atoms with Crippen LogP contribution in [0.5, 0.6) is 0 Å². The number of rotatable bonds is 1. The maximum absolute atomic E-state index is 12.2. The highest BCUT2D eigenvalue weighted by atomic mass is 16.5. The first-order valence-electron chi connectivity index (χ1n) is 6.08. The van der Waals surface area contributed by atoms with E-state index < -0.39 is 0 Å². The van der Waals surface area contributed by atoms with Gasteiger partial charge in [0.2, 0.25) is 0 Å². The molecule has 1 unspecified atom stereocenters. The second-order valence-electron chi connectivity index (χ2n) is 5.64. The zero-order chi connectivity index (χ0) is 10.2. The van der Waals surface area contributed by atoms with Crippen molar-refractivity contribution in [2.75, 3.05) is 0 Å². The molecule has 14 heavy (non-hydrogen) atoms. The van der Waals surface area contributed by atoms with Gasteiger partial charge in [0.15, 0.2) is 0 Å². The maximum atomic E-state index is 12.2. The third-order valence-corrected chi connectivity index (χ3v) is 4.13. The van der Waals surface area contributed by atoms with Gasteiger partial charge in [-0.15, -0.1) is 10.3 Å². The largest absolute Gasteiger partial charge is 0.146 e. The molecule has 2 nitrogen and oxygen atoms in total. The fraction of sp³-hybridized carbons (Fsp3) is 1.00. The molecule has 1 aliphatic heterocycles. The summed E-state index contributed by atoms with van der Waals surface area (Å²) in [5.74, 6) is 0.701. The van der Waals surface area contributed by atoms with Gasteiger partial charge in [0.25, 0.3) is 0 Å². The van der Waals surface area contributed by atoms with Gasteiger partial charge in [-0.2, -0.15) is 0 Å². The standard InChI is InChI=1S/C12H22NO/c1-12(2)9-5-8-11(13(12)14)10-6-3-4-7-10/h10-11H,3-9H2,1-2H3. The van der Waals surface area contributed by atoms with Crippen molar-refractivity contribution in [3.8, 4) is 0 Å². The molecule has 0 aromatic heterocycles.